The zero-order chi connectivity index (χ0) is 34.2. The standard InChI is InChI=1S/C34H28BrCl2N3O8/c1-47-18-6-3-15(4-7-18)34-23(31(43)39(33(34)45)38-25-10-5-17(36)13-24(25)37)14-21-19(8-9-20-27(21)32(44)40(46)30(20)42)28(34)22-11-16(35)12-26(48-2)29(22)41/h3-8,10-13,20-21,23,27-28,38,41,46H,9,14H2,1-2H3. The van der Waals surface area contributed by atoms with Gasteiger partial charge in [0, 0.05) is 21.0 Å². The summed E-state index contributed by atoms with van der Waals surface area (Å²) in [4.78, 5) is 56.3. The van der Waals surface area contributed by atoms with Crippen LogP contribution in [0.4, 0.5) is 5.69 Å². The molecule has 7 rings (SSSR count). The van der Waals surface area contributed by atoms with Crippen molar-refractivity contribution in [3.05, 3.63) is 91.9 Å². The van der Waals surface area contributed by atoms with Gasteiger partial charge in [0.15, 0.2) is 11.5 Å². The SMILES string of the molecule is COc1ccc(C23C(=O)N(Nc4ccc(Cl)cc4Cl)C(=O)C2CC2C(=CCC4C(=O)N(O)C(=O)C42)C3c2cc(Br)cc(OC)c2O)cc1. The number of nitrogens with zero attached hydrogens (tertiary/aromatic N) is 2. The molecule has 14 heteroatoms. The molecule has 1 saturated carbocycles. The van der Waals surface area contributed by atoms with E-state index < -0.39 is 58.6 Å². The summed E-state index contributed by atoms with van der Waals surface area (Å²) >= 11 is 16.1. The number of rotatable bonds is 6. The Hall–Kier alpha value is -4.10. The van der Waals surface area contributed by atoms with Crippen molar-refractivity contribution in [2.75, 3.05) is 19.6 Å². The number of benzene rings is 3. The number of nitrogens with one attached hydrogen (secondary N) is 1. The molecule has 3 fully saturated rings. The maximum atomic E-state index is 15.2. The predicted molar refractivity (Wildman–Crippen MR) is 177 cm³/mol. The zero-order valence-electron chi connectivity index (χ0n) is 25.4. The van der Waals surface area contributed by atoms with E-state index in [0.29, 0.717) is 26.4 Å². The van der Waals surface area contributed by atoms with Gasteiger partial charge in [-0.3, -0.25) is 29.8 Å². The summed E-state index contributed by atoms with van der Waals surface area (Å²) in [5, 5.41) is 23.8. The van der Waals surface area contributed by atoms with Gasteiger partial charge in [0.2, 0.25) is 0 Å². The van der Waals surface area contributed by atoms with Crippen LogP contribution in [0.15, 0.2) is 70.7 Å². The molecule has 6 unspecified atom stereocenters. The molecule has 0 bridgehead atoms. The first kappa shape index (κ1) is 32.4. The Kier molecular flexibility index (Phi) is 7.97. The van der Waals surface area contributed by atoms with Crippen LogP contribution in [0.25, 0.3) is 0 Å². The van der Waals surface area contributed by atoms with Gasteiger partial charge >= 0.3 is 0 Å². The highest BCUT2D eigenvalue weighted by Gasteiger charge is 2.70. The normalized spacial score (nSPS) is 27.8. The lowest BCUT2D eigenvalue weighted by atomic mass is 9.49. The molecule has 248 valence electrons. The Morgan fingerprint density at radius 2 is 1.67 bits per heavy atom. The molecule has 3 aromatic carbocycles. The van der Waals surface area contributed by atoms with Crippen LogP contribution in [-0.4, -0.2) is 58.2 Å². The van der Waals surface area contributed by atoms with Crippen LogP contribution >= 0.6 is 39.1 Å². The van der Waals surface area contributed by atoms with E-state index in [0.717, 1.165) is 5.01 Å². The van der Waals surface area contributed by atoms with E-state index in [-0.39, 0.29) is 45.7 Å². The van der Waals surface area contributed by atoms with E-state index in [1.54, 1.807) is 54.6 Å². The van der Waals surface area contributed by atoms with Crippen LogP contribution in [0.5, 0.6) is 17.2 Å². The second kappa shape index (κ2) is 11.8. The van der Waals surface area contributed by atoms with E-state index in [1.807, 2.05) is 0 Å². The van der Waals surface area contributed by atoms with E-state index in [1.165, 1.54) is 20.3 Å². The Balaban J connectivity index is 1.51. The van der Waals surface area contributed by atoms with Gasteiger partial charge in [-0.2, -0.15) is 10.1 Å². The fourth-order valence-corrected chi connectivity index (χ4v) is 9.05. The average molecular weight is 757 g/mol. The molecular weight excluding hydrogens is 729 g/mol. The lowest BCUT2D eigenvalue weighted by molar-refractivity contribution is -0.173. The number of allylic oxidation sites excluding steroid dienone is 2. The number of hydrogen-bond donors (Lipinski definition) is 3. The smallest absolute Gasteiger partial charge is 0.260 e. The van der Waals surface area contributed by atoms with Gasteiger partial charge < -0.3 is 14.6 Å². The molecule has 4 amide bonds. The van der Waals surface area contributed by atoms with E-state index in [4.69, 9.17) is 32.7 Å². The van der Waals surface area contributed by atoms with Gasteiger partial charge in [-0.15, -0.1) is 0 Å². The largest absolute Gasteiger partial charge is 0.504 e. The van der Waals surface area contributed by atoms with Crippen LogP contribution in [0.3, 0.4) is 0 Å². The minimum Gasteiger partial charge on any atom is -0.504 e. The minimum absolute atomic E-state index is 0.00854. The van der Waals surface area contributed by atoms with Crippen molar-refractivity contribution in [2.24, 2.45) is 23.7 Å². The Morgan fingerprint density at radius 1 is 0.938 bits per heavy atom. The number of phenols is 1. The van der Waals surface area contributed by atoms with Crippen LogP contribution in [0.2, 0.25) is 10.0 Å². The maximum Gasteiger partial charge on any atom is 0.260 e. The number of anilines is 1. The van der Waals surface area contributed by atoms with Gasteiger partial charge in [-0.1, -0.05) is 62.9 Å². The first-order chi connectivity index (χ1) is 22.9. The molecule has 2 saturated heterocycles. The lowest BCUT2D eigenvalue weighted by Gasteiger charge is -2.50. The molecule has 2 aliphatic heterocycles. The monoisotopic (exact) mass is 755 g/mol. The third kappa shape index (κ3) is 4.57. The second-order valence-electron chi connectivity index (χ2n) is 12.2. The van der Waals surface area contributed by atoms with Crippen molar-refractivity contribution in [3.63, 3.8) is 0 Å². The highest BCUT2D eigenvalue weighted by Crippen LogP contribution is 2.65. The third-order valence-corrected chi connectivity index (χ3v) is 11.2. The number of aromatic hydroxyl groups is 1. The molecule has 0 spiro atoms. The molecule has 2 aliphatic carbocycles. The van der Waals surface area contributed by atoms with Crippen molar-refractivity contribution in [1.29, 1.82) is 0 Å². The number of carbonyl (C=O) groups is 4. The summed E-state index contributed by atoms with van der Waals surface area (Å²) in [6, 6.07) is 14.6. The number of phenolic OH excluding ortho intramolecular Hbond substituents is 1. The summed E-state index contributed by atoms with van der Waals surface area (Å²) in [7, 11) is 2.90. The predicted octanol–water partition coefficient (Wildman–Crippen LogP) is 5.85. The maximum absolute atomic E-state index is 15.2. The number of fused-ring (bicyclic) bond motifs is 4. The Labute approximate surface area is 293 Å². The summed E-state index contributed by atoms with van der Waals surface area (Å²) < 4.78 is 11.4. The van der Waals surface area contributed by atoms with Crippen molar-refractivity contribution < 1.29 is 39.0 Å². The number of carbonyl (C=O) groups excluding carboxylic acids is 4. The van der Waals surface area contributed by atoms with Gasteiger partial charge in [0.25, 0.3) is 23.6 Å². The van der Waals surface area contributed by atoms with Crippen LogP contribution in [-0.2, 0) is 24.6 Å². The summed E-state index contributed by atoms with van der Waals surface area (Å²) in [5.41, 5.74) is 2.79. The van der Waals surface area contributed by atoms with Crippen molar-refractivity contribution in [1.82, 2.24) is 10.1 Å². The second-order valence-corrected chi connectivity index (χ2v) is 14.0. The van der Waals surface area contributed by atoms with Crippen LogP contribution in [0.1, 0.15) is 29.9 Å². The molecule has 2 heterocycles. The first-order valence-electron chi connectivity index (χ1n) is 15.0. The number of halogens is 3. The van der Waals surface area contributed by atoms with Gasteiger partial charge in [0.05, 0.1) is 48.1 Å². The molecule has 48 heavy (non-hydrogen) atoms. The third-order valence-electron chi connectivity index (χ3n) is 10.2. The number of ether oxygens (including phenoxy) is 2. The first-order valence-corrected chi connectivity index (χ1v) is 16.6. The minimum atomic E-state index is -1.68. The Morgan fingerprint density at radius 3 is 2.33 bits per heavy atom. The van der Waals surface area contributed by atoms with E-state index >= 15 is 4.79 Å². The van der Waals surface area contributed by atoms with Crippen molar-refractivity contribution in [2.45, 2.75) is 24.2 Å². The van der Waals surface area contributed by atoms with E-state index in [9.17, 15) is 24.7 Å². The number of hydrazine groups is 1. The number of amides is 4. The molecule has 4 aliphatic rings. The fourth-order valence-electron chi connectivity index (χ4n) is 8.14. The highest BCUT2D eigenvalue weighted by molar-refractivity contribution is 9.10. The summed E-state index contributed by atoms with van der Waals surface area (Å²) in [5.74, 6) is -7.06. The topological polar surface area (TPSA) is 146 Å². The number of hydrogen-bond acceptors (Lipinski definition) is 9. The lowest BCUT2D eigenvalue weighted by Crippen LogP contribution is -2.53. The molecular formula is C34H28BrCl2N3O8. The summed E-state index contributed by atoms with van der Waals surface area (Å²) in [6.45, 7) is 0. The quantitative estimate of drug-likeness (QED) is 0.160. The van der Waals surface area contributed by atoms with Crippen LogP contribution in [0, 0.1) is 23.7 Å². The summed E-state index contributed by atoms with van der Waals surface area (Å²) in [6.07, 6.45) is 1.90. The van der Waals surface area contributed by atoms with Crippen LogP contribution < -0.4 is 14.9 Å². The molecule has 0 aromatic heterocycles. The molecule has 3 N–H and O–H groups in total. The van der Waals surface area contributed by atoms with Gasteiger partial charge in [-0.05, 0) is 66.8 Å². The average Bonchev–Trinajstić information content (AvgIpc) is 3.43. The molecule has 11 nitrogen and oxygen atoms in total. The fraction of sp³-hybridized carbons (Fsp3) is 0.294. The number of imide groups is 2. The highest BCUT2D eigenvalue weighted by atomic mass is 79.9. The molecule has 0 radical (unpaired) electrons. The molecule has 6 atom stereocenters. The molecule has 3 aromatic rings. The zero-order valence-corrected chi connectivity index (χ0v) is 28.5. The Bertz CT molecular complexity index is 1940. The van der Waals surface area contributed by atoms with Crippen molar-refractivity contribution >= 4 is 68.4 Å². The van der Waals surface area contributed by atoms with E-state index in [2.05, 4.69) is 21.4 Å². The van der Waals surface area contributed by atoms with Gasteiger partial charge in [-0.25, -0.2) is 0 Å². The number of methoxy groups -OCH3 is 2. The van der Waals surface area contributed by atoms with Crippen molar-refractivity contribution in [3.8, 4) is 17.2 Å². The number of hydroxylamine groups is 2. The van der Waals surface area contributed by atoms with Gasteiger partial charge in [0.1, 0.15) is 5.75 Å².